The maximum Gasteiger partial charge on any atom is 0.322 e. The maximum absolute atomic E-state index is 12.2. The van der Waals surface area contributed by atoms with Crippen LogP contribution in [0.25, 0.3) is 10.9 Å². The number of methoxy groups -OCH3 is 1. The summed E-state index contributed by atoms with van der Waals surface area (Å²) in [6.07, 6.45) is 6.95. The van der Waals surface area contributed by atoms with Gasteiger partial charge in [-0.05, 0) is 43.0 Å². The molecule has 0 radical (unpaired) electrons. The number of nitrogens with one attached hydrogen (secondary N) is 1. The SMILES string of the molecule is COC(=O)[C@@H](N)Cc1c[nH]c2ccc(OC(=O)CCCCC3CCSS3)cc12. The van der Waals surface area contributed by atoms with E-state index in [4.69, 9.17) is 10.5 Å². The van der Waals surface area contributed by atoms with Crippen molar-refractivity contribution in [3.8, 4) is 5.75 Å². The molecule has 1 saturated heterocycles. The molecule has 0 aliphatic carbocycles. The number of fused-ring (bicyclic) bond motifs is 1. The molecule has 6 nitrogen and oxygen atoms in total. The van der Waals surface area contributed by atoms with Crippen molar-refractivity contribution in [1.29, 1.82) is 0 Å². The topological polar surface area (TPSA) is 94.4 Å². The Labute approximate surface area is 172 Å². The van der Waals surface area contributed by atoms with E-state index in [0.29, 0.717) is 18.6 Å². The Kier molecular flexibility index (Phi) is 7.70. The molecule has 1 aliphatic rings. The number of esters is 2. The fourth-order valence-electron chi connectivity index (χ4n) is 3.25. The molecule has 1 aliphatic heterocycles. The molecule has 1 aromatic carbocycles. The molecule has 0 spiro atoms. The van der Waals surface area contributed by atoms with E-state index in [9.17, 15) is 9.59 Å². The lowest BCUT2D eigenvalue weighted by atomic mass is 10.1. The predicted molar refractivity (Wildman–Crippen MR) is 115 cm³/mol. The van der Waals surface area contributed by atoms with Crippen LogP contribution >= 0.6 is 21.6 Å². The maximum atomic E-state index is 12.2. The summed E-state index contributed by atoms with van der Waals surface area (Å²) in [5, 5.41) is 1.63. The number of carbonyl (C=O) groups excluding carboxylic acids is 2. The molecule has 2 heterocycles. The minimum atomic E-state index is -0.730. The number of rotatable bonds is 9. The van der Waals surface area contributed by atoms with Crippen LogP contribution in [-0.2, 0) is 20.7 Å². The molecule has 28 heavy (non-hydrogen) atoms. The fraction of sp³-hybridized carbons (Fsp3) is 0.500. The van der Waals surface area contributed by atoms with Crippen molar-refractivity contribution in [2.45, 2.75) is 49.8 Å². The van der Waals surface area contributed by atoms with Crippen LogP contribution in [0.4, 0.5) is 0 Å². The summed E-state index contributed by atoms with van der Waals surface area (Å²) in [6.45, 7) is 0. The number of benzene rings is 1. The molecule has 0 amide bonds. The second-order valence-corrected chi connectivity index (χ2v) is 9.69. The van der Waals surface area contributed by atoms with Crippen molar-refractivity contribution < 1.29 is 19.1 Å². The number of hydrogen-bond acceptors (Lipinski definition) is 7. The van der Waals surface area contributed by atoms with Gasteiger partial charge in [0.05, 0.1) is 7.11 Å². The third kappa shape index (κ3) is 5.68. The number of nitrogens with two attached hydrogens (primary N) is 1. The summed E-state index contributed by atoms with van der Waals surface area (Å²) in [6, 6.07) is 4.72. The Balaban J connectivity index is 1.53. The highest BCUT2D eigenvalue weighted by Gasteiger charge is 2.18. The first-order chi connectivity index (χ1) is 13.6. The smallest absolute Gasteiger partial charge is 0.322 e. The zero-order chi connectivity index (χ0) is 19.9. The van der Waals surface area contributed by atoms with Gasteiger partial charge < -0.3 is 20.2 Å². The minimum absolute atomic E-state index is 0.212. The molecule has 0 bridgehead atoms. The Bertz CT molecular complexity index is 818. The van der Waals surface area contributed by atoms with Crippen molar-refractivity contribution >= 4 is 44.4 Å². The monoisotopic (exact) mass is 422 g/mol. The Morgan fingerprint density at radius 1 is 1.36 bits per heavy atom. The number of aromatic nitrogens is 1. The predicted octanol–water partition coefficient (Wildman–Crippen LogP) is 3.83. The van der Waals surface area contributed by atoms with Crippen LogP contribution in [0.2, 0.25) is 0 Å². The summed E-state index contributed by atoms with van der Waals surface area (Å²) >= 11 is 0. The van der Waals surface area contributed by atoms with Gasteiger partial charge in [0.1, 0.15) is 11.8 Å². The Morgan fingerprint density at radius 2 is 2.21 bits per heavy atom. The first-order valence-corrected chi connectivity index (χ1v) is 11.9. The molecule has 0 saturated carbocycles. The molecule has 2 atom stereocenters. The van der Waals surface area contributed by atoms with Gasteiger partial charge in [-0.15, -0.1) is 0 Å². The van der Waals surface area contributed by atoms with Crippen molar-refractivity contribution in [3.05, 3.63) is 30.0 Å². The lowest BCUT2D eigenvalue weighted by Crippen LogP contribution is -2.33. The second kappa shape index (κ2) is 10.2. The van der Waals surface area contributed by atoms with E-state index in [1.807, 2.05) is 39.9 Å². The average Bonchev–Trinajstić information content (AvgIpc) is 3.35. The highest BCUT2D eigenvalue weighted by Crippen LogP contribution is 2.39. The van der Waals surface area contributed by atoms with Crippen LogP contribution in [0.3, 0.4) is 0 Å². The highest BCUT2D eigenvalue weighted by molar-refractivity contribution is 8.77. The summed E-state index contributed by atoms with van der Waals surface area (Å²) in [5.41, 5.74) is 7.65. The summed E-state index contributed by atoms with van der Waals surface area (Å²) in [4.78, 5) is 26.9. The van der Waals surface area contributed by atoms with E-state index >= 15 is 0 Å². The summed E-state index contributed by atoms with van der Waals surface area (Å²) < 4.78 is 10.2. The van der Waals surface area contributed by atoms with Crippen LogP contribution in [0, 0.1) is 0 Å². The lowest BCUT2D eigenvalue weighted by molar-refractivity contribution is -0.142. The van der Waals surface area contributed by atoms with Gasteiger partial charge in [0.2, 0.25) is 0 Å². The molecule has 152 valence electrons. The highest BCUT2D eigenvalue weighted by atomic mass is 33.1. The number of H-pyrrole nitrogens is 1. The van der Waals surface area contributed by atoms with E-state index in [1.165, 1.54) is 25.7 Å². The number of unbranched alkanes of at least 4 members (excludes halogenated alkanes) is 1. The molecule has 1 fully saturated rings. The fourth-order valence-corrected chi connectivity index (χ4v) is 6.28. The largest absolute Gasteiger partial charge is 0.468 e. The van der Waals surface area contributed by atoms with Crippen LogP contribution in [-0.4, -0.2) is 41.1 Å². The van der Waals surface area contributed by atoms with Crippen LogP contribution in [0.15, 0.2) is 24.4 Å². The minimum Gasteiger partial charge on any atom is -0.468 e. The Morgan fingerprint density at radius 3 is 2.96 bits per heavy atom. The van der Waals surface area contributed by atoms with Gasteiger partial charge in [-0.25, -0.2) is 0 Å². The van der Waals surface area contributed by atoms with E-state index in [2.05, 4.69) is 9.72 Å². The average molecular weight is 423 g/mol. The van der Waals surface area contributed by atoms with Crippen LogP contribution < -0.4 is 10.5 Å². The summed E-state index contributed by atoms with van der Waals surface area (Å²) in [7, 11) is 5.24. The van der Waals surface area contributed by atoms with Gasteiger partial charge in [0.25, 0.3) is 0 Å². The van der Waals surface area contributed by atoms with Crippen molar-refractivity contribution in [2.24, 2.45) is 5.73 Å². The van der Waals surface area contributed by atoms with E-state index < -0.39 is 12.0 Å². The van der Waals surface area contributed by atoms with Crippen LogP contribution in [0.1, 0.15) is 37.7 Å². The van der Waals surface area contributed by atoms with Crippen LogP contribution in [0.5, 0.6) is 5.75 Å². The Hall–Kier alpha value is -1.64. The first-order valence-electron chi connectivity index (χ1n) is 9.49. The molecule has 2 aromatic rings. The number of hydrogen-bond donors (Lipinski definition) is 2. The molecule has 1 aromatic heterocycles. The third-order valence-corrected chi connectivity index (χ3v) is 7.81. The van der Waals surface area contributed by atoms with Gasteiger partial charge in [-0.2, -0.15) is 0 Å². The number of ether oxygens (including phenoxy) is 2. The number of aromatic amines is 1. The normalized spacial score (nSPS) is 17.6. The second-order valence-electron chi connectivity index (χ2n) is 6.90. The molecular formula is C20H26N2O4S2. The molecule has 8 heteroatoms. The van der Waals surface area contributed by atoms with Crippen molar-refractivity contribution in [3.63, 3.8) is 0 Å². The van der Waals surface area contributed by atoms with E-state index in [1.54, 1.807) is 6.07 Å². The molecular weight excluding hydrogens is 396 g/mol. The zero-order valence-corrected chi connectivity index (χ0v) is 17.6. The first kappa shape index (κ1) is 21.1. The van der Waals surface area contributed by atoms with Gasteiger partial charge >= 0.3 is 11.9 Å². The number of carbonyl (C=O) groups is 2. The zero-order valence-electron chi connectivity index (χ0n) is 15.9. The van der Waals surface area contributed by atoms with Gasteiger partial charge in [-0.1, -0.05) is 28.0 Å². The summed E-state index contributed by atoms with van der Waals surface area (Å²) in [5.74, 6) is 1.08. The van der Waals surface area contributed by atoms with Crippen molar-refractivity contribution in [1.82, 2.24) is 4.98 Å². The van der Waals surface area contributed by atoms with Gasteiger partial charge in [-0.3, -0.25) is 9.59 Å². The lowest BCUT2D eigenvalue weighted by Gasteiger charge is -2.09. The van der Waals surface area contributed by atoms with Gasteiger partial charge in [0, 0.05) is 40.9 Å². The van der Waals surface area contributed by atoms with E-state index in [0.717, 1.165) is 34.6 Å². The molecule has 3 rings (SSSR count). The van der Waals surface area contributed by atoms with Gasteiger partial charge in [0.15, 0.2) is 0 Å². The molecule has 3 N–H and O–H groups in total. The third-order valence-electron chi connectivity index (χ3n) is 4.80. The van der Waals surface area contributed by atoms with E-state index in [-0.39, 0.29) is 5.97 Å². The molecule has 1 unspecified atom stereocenters. The standard InChI is InChI=1S/C20H26N2O4S2/c1-25-20(24)17(21)10-13-12-22-18-7-6-14(11-16(13)18)26-19(23)5-3-2-4-15-8-9-27-28-15/h6-7,11-12,15,17,22H,2-5,8-10,21H2,1H3/t15?,17-/m0/s1. The van der Waals surface area contributed by atoms with Crippen molar-refractivity contribution in [2.75, 3.05) is 12.9 Å². The quantitative estimate of drug-likeness (QED) is 0.274.